The van der Waals surface area contributed by atoms with Gasteiger partial charge in [-0.1, -0.05) is 20.8 Å². The van der Waals surface area contributed by atoms with Crippen LogP contribution in [0.4, 0.5) is 0 Å². The second-order valence-electron chi connectivity index (χ2n) is 10.2. The Morgan fingerprint density at radius 2 is 1.74 bits per heavy atom. The quantitative estimate of drug-likeness (QED) is 0.400. The number of aryl methyl sites for hydroxylation is 1. The van der Waals surface area contributed by atoms with E-state index in [1.54, 1.807) is 17.9 Å². The van der Waals surface area contributed by atoms with E-state index >= 15 is 0 Å². The zero-order valence-electron chi connectivity index (χ0n) is 23.1. The fourth-order valence-corrected chi connectivity index (χ4v) is 4.50. The van der Waals surface area contributed by atoms with Crippen molar-refractivity contribution >= 4 is 23.5 Å². The van der Waals surface area contributed by atoms with Crippen molar-refractivity contribution in [2.75, 3.05) is 26.3 Å². The van der Waals surface area contributed by atoms with Crippen molar-refractivity contribution in [2.45, 2.75) is 60.4 Å². The van der Waals surface area contributed by atoms with Crippen LogP contribution in [0.5, 0.6) is 11.5 Å². The molecular formula is C28H36N4O6. The number of pyridine rings is 1. The molecule has 0 radical (unpaired) electrons. The van der Waals surface area contributed by atoms with Gasteiger partial charge in [-0.15, -0.1) is 0 Å². The molecule has 1 aliphatic rings. The number of nitrogens with one attached hydrogen (secondary N) is 2. The number of carbonyl (C=O) groups excluding carboxylic acids is 2. The number of benzene rings is 1. The summed E-state index contributed by atoms with van der Waals surface area (Å²) in [5, 5.41) is 20.1. The minimum Gasteiger partial charge on any atom is -0.493 e. The van der Waals surface area contributed by atoms with Crippen molar-refractivity contribution in [3.8, 4) is 11.5 Å². The van der Waals surface area contributed by atoms with E-state index in [9.17, 15) is 14.4 Å². The van der Waals surface area contributed by atoms with E-state index in [0.29, 0.717) is 41.6 Å². The average molecular weight is 525 g/mol. The van der Waals surface area contributed by atoms with Crippen molar-refractivity contribution in [3.05, 3.63) is 51.3 Å². The molecule has 38 heavy (non-hydrogen) atoms. The van der Waals surface area contributed by atoms with Crippen LogP contribution in [-0.2, 0) is 16.8 Å². The van der Waals surface area contributed by atoms with Gasteiger partial charge in [-0.3, -0.25) is 19.8 Å². The Bertz CT molecular complexity index is 1300. The summed E-state index contributed by atoms with van der Waals surface area (Å²) < 4.78 is 11.6. The van der Waals surface area contributed by atoms with E-state index in [1.807, 2.05) is 41.5 Å². The maximum absolute atomic E-state index is 13.6. The Kier molecular flexibility index (Phi) is 8.44. The topological polar surface area (TPSA) is 142 Å². The first-order valence-electron chi connectivity index (χ1n) is 12.6. The summed E-state index contributed by atoms with van der Waals surface area (Å²) in [6.07, 6.45) is 0. The second kappa shape index (κ2) is 11.2. The van der Waals surface area contributed by atoms with Crippen LogP contribution in [0.25, 0.3) is 0 Å². The number of amidine groups is 1. The molecule has 3 N–H and O–H groups in total. The molecule has 1 aliphatic heterocycles. The molecule has 10 nitrogen and oxygen atoms in total. The van der Waals surface area contributed by atoms with Gasteiger partial charge in [-0.25, -0.2) is 4.98 Å². The van der Waals surface area contributed by atoms with E-state index in [1.165, 1.54) is 6.07 Å². The molecule has 2 heterocycles. The Labute approximate surface area is 222 Å². The number of carbonyl (C=O) groups is 3. The summed E-state index contributed by atoms with van der Waals surface area (Å²) >= 11 is 0. The molecular weight excluding hydrogens is 488 g/mol. The zero-order valence-corrected chi connectivity index (χ0v) is 23.1. The summed E-state index contributed by atoms with van der Waals surface area (Å²) in [4.78, 5) is 43.8. The highest BCUT2D eigenvalue weighted by Crippen LogP contribution is 2.37. The Morgan fingerprint density at radius 1 is 1.11 bits per heavy atom. The SMILES string of the molecule is CCOc1c(C(=O)NCC(=O)O)cc(C(=O)CN2Cc3c(nc(C)c(OCC)c3C)C2=N)cc1C(C)(C)C. The number of Topliss-reactive ketones (excluding diaryl/α,β-unsaturated/α-hetero) is 1. The van der Waals surface area contributed by atoms with Crippen molar-refractivity contribution in [1.29, 1.82) is 5.41 Å². The highest BCUT2D eigenvalue weighted by atomic mass is 16.5. The first-order valence-corrected chi connectivity index (χ1v) is 12.6. The molecule has 1 amide bonds. The number of rotatable bonds is 10. The number of aliphatic carboxylic acids is 1. The van der Waals surface area contributed by atoms with E-state index < -0.39 is 23.8 Å². The lowest BCUT2D eigenvalue weighted by atomic mass is 9.83. The van der Waals surface area contributed by atoms with Gasteiger partial charge in [-0.2, -0.15) is 0 Å². The molecule has 204 valence electrons. The summed E-state index contributed by atoms with van der Waals surface area (Å²) in [6, 6.07) is 3.16. The molecule has 0 bridgehead atoms. The van der Waals surface area contributed by atoms with Crippen LogP contribution in [-0.4, -0.2) is 64.8 Å². The highest BCUT2D eigenvalue weighted by Gasteiger charge is 2.32. The van der Waals surface area contributed by atoms with Crippen molar-refractivity contribution in [2.24, 2.45) is 0 Å². The van der Waals surface area contributed by atoms with Crippen molar-refractivity contribution < 1.29 is 29.0 Å². The molecule has 0 atom stereocenters. The molecule has 0 saturated heterocycles. The lowest BCUT2D eigenvalue weighted by Crippen LogP contribution is -2.32. The van der Waals surface area contributed by atoms with Crippen LogP contribution in [0.2, 0.25) is 0 Å². The van der Waals surface area contributed by atoms with E-state index in [-0.39, 0.29) is 35.9 Å². The number of carboxylic acid groups (broad SMARTS) is 1. The largest absolute Gasteiger partial charge is 0.493 e. The highest BCUT2D eigenvalue weighted by molar-refractivity contribution is 6.07. The van der Waals surface area contributed by atoms with E-state index in [2.05, 4.69) is 10.3 Å². The van der Waals surface area contributed by atoms with Gasteiger partial charge in [0.2, 0.25) is 0 Å². The minimum atomic E-state index is -1.18. The fourth-order valence-electron chi connectivity index (χ4n) is 4.50. The lowest BCUT2D eigenvalue weighted by molar-refractivity contribution is -0.135. The van der Waals surface area contributed by atoms with Gasteiger partial charge in [0.25, 0.3) is 5.91 Å². The number of amides is 1. The number of nitrogens with zero attached hydrogens (tertiary/aromatic N) is 2. The number of fused-ring (bicyclic) bond motifs is 1. The van der Waals surface area contributed by atoms with Crippen LogP contribution < -0.4 is 14.8 Å². The minimum absolute atomic E-state index is 0.0919. The summed E-state index contributed by atoms with van der Waals surface area (Å²) in [7, 11) is 0. The number of carboxylic acids is 1. The Morgan fingerprint density at radius 3 is 2.32 bits per heavy atom. The monoisotopic (exact) mass is 524 g/mol. The molecule has 0 saturated carbocycles. The molecule has 0 unspecified atom stereocenters. The zero-order chi connectivity index (χ0) is 28.4. The fraction of sp³-hybridized carbons (Fsp3) is 0.464. The maximum atomic E-state index is 13.6. The molecule has 10 heteroatoms. The van der Waals surface area contributed by atoms with Gasteiger partial charge >= 0.3 is 5.97 Å². The van der Waals surface area contributed by atoms with Crippen molar-refractivity contribution in [3.63, 3.8) is 0 Å². The lowest BCUT2D eigenvalue weighted by Gasteiger charge is -2.26. The Balaban J connectivity index is 1.99. The number of hydrogen-bond acceptors (Lipinski definition) is 7. The van der Waals surface area contributed by atoms with Gasteiger partial charge in [0.1, 0.15) is 29.6 Å². The van der Waals surface area contributed by atoms with Gasteiger partial charge in [0, 0.05) is 28.8 Å². The number of ether oxygens (including phenoxy) is 2. The number of aromatic nitrogens is 1. The van der Waals surface area contributed by atoms with Crippen LogP contribution in [0.1, 0.15) is 83.4 Å². The molecule has 1 aromatic carbocycles. The standard InChI is InChI=1S/C28H36N4O6/c1-8-37-24-15(3)19-13-32(26(29)23(19)31-16(24)4)14-21(33)17-10-18(27(36)30-12-22(34)35)25(38-9-2)20(11-17)28(5,6)7/h10-11,29H,8-9,12-14H2,1-7H3,(H,30,36)(H,34,35). The first-order chi connectivity index (χ1) is 17.8. The third-order valence-electron chi connectivity index (χ3n) is 6.35. The maximum Gasteiger partial charge on any atom is 0.322 e. The molecule has 0 fully saturated rings. The van der Waals surface area contributed by atoms with Crippen LogP contribution >= 0.6 is 0 Å². The molecule has 3 rings (SSSR count). The molecule has 0 spiro atoms. The van der Waals surface area contributed by atoms with Crippen LogP contribution in [0.15, 0.2) is 12.1 Å². The van der Waals surface area contributed by atoms with Gasteiger partial charge < -0.3 is 24.8 Å². The van der Waals surface area contributed by atoms with Gasteiger partial charge in [0.15, 0.2) is 5.78 Å². The number of hydrogen-bond donors (Lipinski definition) is 3. The van der Waals surface area contributed by atoms with E-state index in [0.717, 1.165) is 11.1 Å². The van der Waals surface area contributed by atoms with Crippen LogP contribution in [0, 0.1) is 19.3 Å². The predicted molar refractivity (Wildman–Crippen MR) is 143 cm³/mol. The van der Waals surface area contributed by atoms with Crippen LogP contribution in [0.3, 0.4) is 0 Å². The smallest absolute Gasteiger partial charge is 0.322 e. The third-order valence-corrected chi connectivity index (χ3v) is 6.35. The average Bonchev–Trinajstić information content (AvgIpc) is 3.14. The van der Waals surface area contributed by atoms with E-state index in [4.69, 9.17) is 20.0 Å². The second-order valence-corrected chi connectivity index (χ2v) is 10.2. The normalized spacial score (nSPS) is 12.8. The summed E-state index contributed by atoms with van der Waals surface area (Å²) in [5.41, 5.74) is 3.53. The predicted octanol–water partition coefficient (Wildman–Crippen LogP) is 3.63. The van der Waals surface area contributed by atoms with Crippen molar-refractivity contribution in [1.82, 2.24) is 15.2 Å². The number of ketones is 1. The molecule has 2 aromatic rings. The third kappa shape index (κ3) is 5.79. The summed E-state index contributed by atoms with van der Waals surface area (Å²) in [6.45, 7) is 13.8. The summed E-state index contributed by atoms with van der Waals surface area (Å²) in [5.74, 6) is -0.939. The van der Waals surface area contributed by atoms with Gasteiger partial charge in [0.05, 0.1) is 31.0 Å². The first kappa shape index (κ1) is 28.6. The van der Waals surface area contributed by atoms with Gasteiger partial charge in [-0.05, 0) is 45.2 Å². The Hall–Kier alpha value is -3.95. The molecule has 0 aliphatic carbocycles. The molecule has 1 aromatic heterocycles.